The van der Waals surface area contributed by atoms with Crippen molar-refractivity contribution >= 4 is 5.97 Å². The van der Waals surface area contributed by atoms with E-state index in [1.807, 2.05) is 60.7 Å². The Morgan fingerprint density at radius 1 is 0.960 bits per heavy atom. The molecule has 0 bridgehead atoms. The number of nitrogens with zero attached hydrogens (tertiary/aromatic N) is 1. The van der Waals surface area contributed by atoms with Gasteiger partial charge in [-0.2, -0.15) is 0 Å². The highest BCUT2D eigenvalue weighted by Gasteiger charge is 2.19. The predicted octanol–water partition coefficient (Wildman–Crippen LogP) is 3.08. The third-order valence-corrected chi connectivity index (χ3v) is 4.07. The monoisotopic (exact) mass is 335 g/mol. The number of carboxylic acid groups (broad SMARTS) is 1. The number of carbonyl (C=O) groups is 1. The lowest BCUT2D eigenvalue weighted by Crippen LogP contribution is -2.21. The fourth-order valence-electron chi connectivity index (χ4n) is 2.82. The van der Waals surface area contributed by atoms with Gasteiger partial charge in [0.05, 0.1) is 12.2 Å². The first-order valence-corrected chi connectivity index (χ1v) is 7.83. The molecule has 0 aliphatic carbocycles. The van der Waals surface area contributed by atoms with Crippen molar-refractivity contribution in [1.82, 2.24) is 4.57 Å². The van der Waals surface area contributed by atoms with Gasteiger partial charge in [0, 0.05) is 6.20 Å². The zero-order chi connectivity index (χ0) is 17.8. The average molecular weight is 335 g/mol. The van der Waals surface area contributed by atoms with Gasteiger partial charge in [-0.05, 0) is 17.5 Å². The van der Waals surface area contributed by atoms with E-state index < -0.39 is 22.7 Å². The number of rotatable bonds is 5. The molecule has 0 saturated heterocycles. The van der Waals surface area contributed by atoms with E-state index in [4.69, 9.17) is 0 Å². The van der Waals surface area contributed by atoms with Crippen LogP contribution in [0.15, 0.2) is 77.9 Å². The molecule has 3 rings (SSSR count). The second kappa shape index (κ2) is 7.05. The fourth-order valence-corrected chi connectivity index (χ4v) is 2.82. The van der Waals surface area contributed by atoms with Crippen LogP contribution in [0.4, 0.5) is 0 Å². The summed E-state index contributed by atoms with van der Waals surface area (Å²) in [5, 5.41) is 19.1. The van der Waals surface area contributed by atoms with Crippen LogP contribution in [0.3, 0.4) is 0 Å². The molecule has 0 aliphatic heterocycles. The van der Waals surface area contributed by atoms with Crippen molar-refractivity contribution in [2.24, 2.45) is 0 Å². The van der Waals surface area contributed by atoms with Crippen LogP contribution in [0.2, 0.25) is 0 Å². The first-order valence-electron chi connectivity index (χ1n) is 7.83. The van der Waals surface area contributed by atoms with E-state index in [0.717, 1.165) is 11.1 Å². The molecule has 0 aliphatic rings. The lowest BCUT2D eigenvalue weighted by atomic mass is 9.98. The van der Waals surface area contributed by atoms with E-state index >= 15 is 0 Å². The molecule has 1 heterocycles. The minimum Gasteiger partial charge on any atom is -0.503 e. The van der Waals surface area contributed by atoms with Crippen LogP contribution in [0, 0.1) is 0 Å². The SMILES string of the molecule is O=C(O)c1cn(C(Cc2ccccc2)c2ccccc2)cc(O)c1=O. The van der Waals surface area contributed by atoms with Crippen molar-refractivity contribution in [2.45, 2.75) is 12.5 Å². The Morgan fingerprint density at radius 2 is 1.56 bits per heavy atom. The number of aromatic carboxylic acids is 1. The molecule has 3 aromatic rings. The topological polar surface area (TPSA) is 79.5 Å². The molecule has 1 aromatic heterocycles. The highest BCUT2D eigenvalue weighted by Crippen LogP contribution is 2.24. The van der Waals surface area contributed by atoms with Gasteiger partial charge in [-0.3, -0.25) is 4.79 Å². The molecule has 0 radical (unpaired) electrons. The van der Waals surface area contributed by atoms with Gasteiger partial charge < -0.3 is 14.8 Å². The summed E-state index contributed by atoms with van der Waals surface area (Å²) in [5.41, 5.74) is 0.682. The largest absolute Gasteiger partial charge is 0.503 e. The molecule has 5 heteroatoms. The zero-order valence-electron chi connectivity index (χ0n) is 13.4. The normalized spacial score (nSPS) is 11.8. The number of pyridine rings is 1. The zero-order valence-corrected chi connectivity index (χ0v) is 13.4. The molecule has 0 spiro atoms. The Kier molecular flexibility index (Phi) is 4.66. The van der Waals surface area contributed by atoms with E-state index in [-0.39, 0.29) is 6.04 Å². The smallest absolute Gasteiger partial charge is 0.341 e. The number of benzene rings is 2. The molecule has 2 N–H and O–H groups in total. The van der Waals surface area contributed by atoms with Gasteiger partial charge >= 0.3 is 5.97 Å². The molecule has 0 saturated carbocycles. The van der Waals surface area contributed by atoms with Gasteiger partial charge in [0.1, 0.15) is 5.56 Å². The third-order valence-electron chi connectivity index (χ3n) is 4.07. The van der Waals surface area contributed by atoms with Gasteiger partial charge in [0.15, 0.2) is 5.75 Å². The Morgan fingerprint density at radius 3 is 2.16 bits per heavy atom. The van der Waals surface area contributed by atoms with Crippen molar-refractivity contribution in [1.29, 1.82) is 0 Å². The molecule has 1 unspecified atom stereocenters. The lowest BCUT2D eigenvalue weighted by molar-refractivity contribution is 0.0693. The first kappa shape index (κ1) is 16.5. The summed E-state index contributed by atoms with van der Waals surface area (Å²) >= 11 is 0. The second-order valence-electron chi connectivity index (χ2n) is 5.75. The van der Waals surface area contributed by atoms with Gasteiger partial charge in [-0.1, -0.05) is 60.7 Å². The van der Waals surface area contributed by atoms with Crippen LogP contribution in [-0.4, -0.2) is 20.7 Å². The van der Waals surface area contributed by atoms with Crippen molar-refractivity contribution < 1.29 is 15.0 Å². The molecule has 2 aromatic carbocycles. The molecule has 0 amide bonds. The first-order chi connectivity index (χ1) is 12.1. The third kappa shape index (κ3) is 3.61. The fraction of sp³-hybridized carbons (Fsp3) is 0.100. The molecule has 126 valence electrons. The second-order valence-corrected chi connectivity index (χ2v) is 5.75. The maximum Gasteiger partial charge on any atom is 0.341 e. The van der Waals surface area contributed by atoms with Gasteiger partial charge in [0.25, 0.3) is 0 Å². The number of carboxylic acids is 1. The van der Waals surface area contributed by atoms with Crippen LogP contribution in [0.5, 0.6) is 5.75 Å². The number of hydrogen-bond acceptors (Lipinski definition) is 3. The molecular formula is C20H17NO4. The van der Waals surface area contributed by atoms with E-state index in [1.165, 1.54) is 12.4 Å². The highest BCUT2D eigenvalue weighted by atomic mass is 16.4. The van der Waals surface area contributed by atoms with Gasteiger partial charge in [-0.25, -0.2) is 4.79 Å². The van der Waals surface area contributed by atoms with Crippen molar-refractivity contribution in [3.8, 4) is 5.75 Å². The van der Waals surface area contributed by atoms with Crippen LogP contribution < -0.4 is 5.43 Å². The Bertz CT molecular complexity index is 933. The average Bonchev–Trinajstić information content (AvgIpc) is 2.63. The lowest BCUT2D eigenvalue weighted by Gasteiger charge is -2.22. The predicted molar refractivity (Wildman–Crippen MR) is 94.1 cm³/mol. The van der Waals surface area contributed by atoms with E-state index in [2.05, 4.69) is 0 Å². The van der Waals surface area contributed by atoms with Crippen LogP contribution in [0.1, 0.15) is 27.5 Å². The summed E-state index contributed by atoms with van der Waals surface area (Å²) in [6.45, 7) is 0. The number of aromatic nitrogens is 1. The summed E-state index contributed by atoms with van der Waals surface area (Å²) in [7, 11) is 0. The molecule has 5 nitrogen and oxygen atoms in total. The van der Waals surface area contributed by atoms with Crippen LogP contribution in [0.25, 0.3) is 0 Å². The standard InChI is InChI=1S/C20H17NO4/c22-18-13-21(12-16(19(18)23)20(24)25)17(15-9-5-2-6-10-15)11-14-7-3-1-4-8-14/h1-10,12-13,17,22H,11H2,(H,24,25). The van der Waals surface area contributed by atoms with Crippen molar-refractivity contribution in [3.05, 3.63) is 100.0 Å². The number of aromatic hydroxyl groups is 1. The molecule has 1 atom stereocenters. The van der Waals surface area contributed by atoms with Crippen LogP contribution in [-0.2, 0) is 6.42 Å². The maximum absolute atomic E-state index is 11.8. The Balaban J connectivity index is 2.12. The summed E-state index contributed by atoms with van der Waals surface area (Å²) in [6.07, 6.45) is 3.16. The summed E-state index contributed by atoms with van der Waals surface area (Å²) in [6, 6.07) is 19.1. The van der Waals surface area contributed by atoms with Crippen LogP contribution >= 0.6 is 0 Å². The molecular weight excluding hydrogens is 318 g/mol. The molecule has 25 heavy (non-hydrogen) atoms. The van der Waals surface area contributed by atoms with Gasteiger partial charge in [0.2, 0.25) is 5.43 Å². The van der Waals surface area contributed by atoms with Crippen molar-refractivity contribution in [3.63, 3.8) is 0 Å². The minimum atomic E-state index is -1.36. The Hall–Kier alpha value is -3.34. The highest BCUT2D eigenvalue weighted by molar-refractivity contribution is 5.87. The van der Waals surface area contributed by atoms with E-state index in [1.54, 1.807) is 4.57 Å². The van der Waals surface area contributed by atoms with Gasteiger partial charge in [-0.15, -0.1) is 0 Å². The maximum atomic E-state index is 11.8. The summed E-state index contributed by atoms with van der Waals surface area (Å²) < 4.78 is 1.59. The summed E-state index contributed by atoms with van der Waals surface area (Å²) in [4.78, 5) is 23.2. The van der Waals surface area contributed by atoms with E-state index in [0.29, 0.717) is 6.42 Å². The summed E-state index contributed by atoms with van der Waals surface area (Å²) in [5.74, 6) is -1.94. The van der Waals surface area contributed by atoms with Crippen molar-refractivity contribution in [2.75, 3.05) is 0 Å². The minimum absolute atomic E-state index is 0.256. The Labute approximate surface area is 144 Å². The quantitative estimate of drug-likeness (QED) is 0.751. The van der Waals surface area contributed by atoms with E-state index in [9.17, 15) is 19.8 Å². The molecule has 0 fully saturated rings. The number of hydrogen-bond donors (Lipinski definition) is 2.